The number of aromatic hydroxyl groups is 1. The molecule has 1 aliphatic rings. The third-order valence-electron chi connectivity index (χ3n) is 4.87. The molecule has 2 heterocycles. The van der Waals surface area contributed by atoms with Crippen LogP contribution in [0.25, 0.3) is 10.2 Å². The number of amides is 2. The monoisotopic (exact) mass is 495 g/mol. The van der Waals surface area contributed by atoms with Crippen molar-refractivity contribution < 1.29 is 19.1 Å². The lowest BCUT2D eigenvalue weighted by molar-refractivity contribution is -0.124. The van der Waals surface area contributed by atoms with Crippen molar-refractivity contribution in [2.24, 2.45) is 0 Å². The number of rotatable bonds is 5. The van der Waals surface area contributed by atoms with Crippen LogP contribution in [0.3, 0.4) is 0 Å². The van der Waals surface area contributed by atoms with E-state index in [4.69, 9.17) is 11.6 Å². The summed E-state index contributed by atoms with van der Waals surface area (Å²) < 4.78 is 18.9. The zero-order valence-electron chi connectivity index (χ0n) is 16.8. The summed E-state index contributed by atoms with van der Waals surface area (Å²) in [5.41, 5.74) is 1.13. The Hall–Kier alpha value is -2.44. The predicted molar refractivity (Wildman–Crippen MR) is 124 cm³/mol. The number of aromatic nitrogens is 1. The van der Waals surface area contributed by atoms with Gasteiger partial charge in [0.25, 0.3) is 0 Å². The third kappa shape index (κ3) is 5.13. The lowest BCUT2D eigenvalue weighted by Crippen LogP contribution is -2.53. The molecule has 0 radical (unpaired) electrons. The Morgan fingerprint density at radius 1 is 1.31 bits per heavy atom. The summed E-state index contributed by atoms with van der Waals surface area (Å²) in [6.45, 7) is 0.239. The highest BCUT2D eigenvalue weighted by atomic mass is 35.5. The van der Waals surface area contributed by atoms with Crippen LogP contribution in [0, 0.1) is 5.82 Å². The molecule has 1 saturated heterocycles. The number of hydrogen-bond acceptors (Lipinski definition) is 8. The van der Waals surface area contributed by atoms with Crippen LogP contribution in [-0.4, -0.2) is 45.3 Å². The first kappa shape index (κ1) is 22.7. The van der Waals surface area contributed by atoms with Gasteiger partial charge < -0.3 is 15.7 Å². The number of carbonyl (C=O) groups excluding carboxylic acids is 2. The number of nitrogens with zero attached hydrogens (tertiary/aromatic N) is 2. The maximum absolute atomic E-state index is 13.3. The molecule has 4 rings (SSSR count). The van der Waals surface area contributed by atoms with E-state index in [9.17, 15) is 19.1 Å². The molecule has 32 heavy (non-hydrogen) atoms. The summed E-state index contributed by atoms with van der Waals surface area (Å²) in [7, 11) is 1.74. The molecule has 0 saturated carbocycles. The molecule has 8 nitrogen and oxygen atoms in total. The van der Waals surface area contributed by atoms with Gasteiger partial charge in [0.15, 0.2) is 0 Å². The standard InChI is InChI=1S/C20H19ClFN5O3S2/c1-27-16(20(30)24-10-2-4-13(22)12(21)6-10)8-15(26-32-27)19(29)23-9-18-25-14-5-3-11(28)7-17(14)31-18/h2-7,15-16,26,28H,8-9H2,1H3,(H,23,29)(H,24,30). The van der Waals surface area contributed by atoms with E-state index in [0.717, 1.165) is 10.2 Å². The molecule has 1 aromatic heterocycles. The summed E-state index contributed by atoms with van der Waals surface area (Å²) in [4.78, 5) is 29.9. The Bertz CT molecular complexity index is 1180. The molecule has 4 N–H and O–H groups in total. The quantitative estimate of drug-likeness (QED) is 0.402. The second-order valence-electron chi connectivity index (χ2n) is 7.15. The number of carbonyl (C=O) groups is 2. The van der Waals surface area contributed by atoms with Gasteiger partial charge in [0, 0.05) is 17.8 Å². The number of hydrogen-bond donors (Lipinski definition) is 4. The molecule has 168 valence electrons. The largest absolute Gasteiger partial charge is 0.508 e. The first-order chi connectivity index (χ1) is 15.3. The van der Waals surface area contributed by atoms with Crippen molar-refractivity contribution >= 4 is 62.8 Å². The second kappa shape index (κ2) is 9.59. The molecule has 0 aliphatic carbocycles. The Balaban J connectivity index is 1.36. The number of anilines is 1. The van der Waals surface area contributed by atoms with Crippen molar-refractivity contribution in [3.8, 4) is 5.75 Å². The number of benzene rings is 2. The van der Waals surface area contributed by atoms with Gasteiger partial charge in [-0.05, 0) is 49.9 Å². The number of thiazole rings is 1. The Morgan fingerprint density at radius 3 is 2.91 bits per heavy atom. The second-order valence-corrected chi connectivity index (χ2v) is 9.67. The van der Waals surface area contributed by atoms with Crippen LogP contribution in [-0.2, 0) is 16.1 Å². The highest BCUT2D eigenvalue weighted by Crippen LogP contribution is 2.26. The zero-order chi connectivity index (χ0) is 22.8. The topological polar surface area (TPSA) is 107 Å². The van der Waals surface area contributed by atoms with Gasteiger partial charge in [0.1, 0.15) is 22.6 Å². The number of phenols is 1. The van der Waals surface area contributed by atoms with Crippen LogP contribution in [0.4, 0.5) is 10.1 Å². The fourth-order valence-electron chi connectivity index (χ4n) is 3.18. The van der Waals surface area contributed by atoms with Crippen molar-refractivity contribution in [2.45, 2.75) is 25.0 Å². The van der Waals surface area contributed by atoms with Gasteiger partial charge in [0.2, 0.25) is 11.8 Å². The van der Waals surface area contributed by atoms with E-state index in [2.05, 4.69) is 20.3 Å². The number of likely N-dealkylation sites (N-methyl/N-ethyl adjacent to an activating group) is 1. The number of fused-ring (bicyclic) bond motifs is 1. The highest BCUT2D eigenvalue weighted by Gasteiger charge is 2.35. The van der Waals surface area contributed by atoms with E-state index in [1.165, 1.54) is 41.7 Å². The average molecular weight is 496 g/mol. The van der Waals surface area contributed by atoms with Crippen LogP contribution >= 0.6 is 35.1 Å². The van der Waals surface area contributed by atoms with Crippen molar-refractivity contribution in [1.29, 1.82) is 0 Å². The smallest absolute Gasteiger partial charge is 0.242 e. The van der Waals surface area contributed by atoms with E-state index in [-0.39, 0.29) is 35.6 Å². The Labute approximate surface area is 196 Å². The first-order valence-corrected chi connectivity index (χ1v) is 11.5. The summed E-state index contributed by atoms with van der Waals surface area (Å²) in [5.74, 6) is -0.985. The minimum atomic E-state index is -0.595. The van der Waals surface area contributed by atoms with E-state index in [1.807, 2.05) is 0 Å². The molecular weight excluding hydrogens is 477 g/mol. The van der Waals surface area contributed by atoms with Crippen molar-refractivity contribution in [1.82, 2.24) is 19.3 Å². The first-order valence-electron chi connectivity index (χ1n) is 9.57. The van der Waals surface area contributed by atoms with E-state index < -0.39 is 17.9 Å². The SMILES string of the molecule is CN1SNC(C(=O)NCc2nc3ccc(O)cc3s2)CC1C(=O)Nc1ccc(F)c(Cl)c1. The van der Waals surface area contributed by atoms with Gasteiger partial charge in [-0.2, -0.15) is 0 Å². The zero-order valence-corrected chi connectivity index (χ0v) is 19.2. The molecule has 0 bridgehead atoms. The molecular formula is C20H19ClFN5O3S2. The van der Waals surface area contributed by atoms with Crippen molar-refractivity contribution in [2.75, 3.05) is 12.4 Å². The Kier molecular flexibility index (Phi) is 6.82. The van der Waals surface area contributed by atoms with Gasteiger partial charge in [-0.25, -0.2) is 18.4 Å². The maximum Gasteiger partial charge on any atom is 0.242 e. The fraction of sp³-hybridized carbons (Fsp3) is 0.250. The maximum atomic E-state index is 13.3. The highest BCUT2D eigenvalue weighted by molar-refractivity contribution is 7.95. The summed E-state index contributed by atoms with van der Waals surface area (Å²) in [6, 6.07) is 7.67. The molecule has 0 spiro atoms. The predicted octanol–water partition coefficient (Wildman–Crippen LogP) is 3.27. The van der Waals surface area contributed by atoms with Gasteiger partial charge in [-0.1, -0.05) is 11.6 Å². The normalized spacial score (nSPS) is 19.1. The molecule has 2 unspecified atom stereocenters. The van der Waals surface area contributed by atoms with Crippen LogP contribution in [0.1, 0.15) is 11.4 Å². The molecule has 2 amide bonds. The lowest BCUT2D eigenvalue weighted by Gasteiger charge is -2.34. The number of halogens is 2. The van der Waals surface area contributed by atoms with Gasteiger partial charge in [0.05, 0.1) is 27.8 Å². The van der Waals surface area contributed by atoms with Crippen molar-refractivity contribution in [3.63, 3.8) is 0 Å². The Morgan fingerprint density at radius 2 is 2.12 bits per heavy atom. The third-order valence-corrected chi connectivity index (χ3v) is 7.11. The number of phenolic OH excluding ortho intramolecular Hbond substituents is 1. The van der Waals surface area contributed by atoms with Gasteiger partial charge in [-0.3, -0.25) is 9.59 Å². The van der Waals surface area contributed by atoms with Crippen LogP contribution in [0.5, 0.6) is 5.75 Å². The molecule has 1 fully saturated rings. The molecule has 3 aromatic rings. The van der Waals surface area contributed by atoms with Crippen LogP contribution < -0.4 is 15.4 Å². The lowest BCUT2D eigenvalue weighted by atomic mass is 10.1. The summed E-state index contributed by atoms with van der Waals surface area (Å²) in [5, 5.41) is 15.8. The van der Waals surface area contributed by atoms with Crippen LogP contribution in [0.2, 0.25) is 5.02 Å². The fourth-order valence-corrected chi connectivity index (χ4v) is 5.11. The number of nitrogens with one attached hydrogen (secondary N) is 3. The van der Waals surface area contributed by atoms with Gasteiger partial charge >= 0.3 is 0 Å². The van der Waals surface area contributed by atoms with Gasteiger partial charge in [-0.15, -0.1) is 11.3 Å². The summed E-state index contributed by atoms with van der Waals surface area (Å²) >= 11 is 8.33. The van der Waals surface area contributed by atoms with E-state index >= 15 is 0 Å². The van der Waals surface area contributed by atoms with Crippen molar-refractivity contribution in [3.05, 3.63) is 52.2 Å². The minimum Gasteiger partial charge on any atom is -0.508 e. The van der Waals surface area contributed by atoms with E-state index in [0.29, 0.717) is 10.7 Å². The average Bonchev–Trinajstić information content (AvgIpc) is 3.17. The van der Waals surface area contributed by atoms with E-state index in [1.54, 1.807) is 29.6 Å². The summed E-state index contributed by atoms with van der Waals surface area (Å²) in [6.07, 6.45) is 0.240. The molecule has 12 heteroatoms. The molecule has 1 aliphatic heterocycles. The molecule has 2 atom stereocenters. The molecule has 2 aromatic carbocycles. The minimum absolute atomic E-state index is 0.0850. The van der Waals surface area contributed by atoms with Crippen LogP contribution in [0.15, 0.2) is 36.4 Å².